The van der Waals surface area contributed by atoms with Crippen LogP contribution in [0.25, 0.3) is 0 Å². The molecule has 0 bridgehead atoms. The van der Waals surface area contributed by atoms with Gasteiger partial charge < -0.3 is 10.2 Å². The van der Waals surface area contributed by atoms with Crippen LogP contribution < -0.4 is 9.62 Å². The standard InChI is InChI=1S/C35H39N3O4S/c1-5-36-35(40)33(23-29-14-8-6-9-15-29)37(24-30-16-12-13-26(2)20-30)34(39)25-38(31-21-27(3)19-28(4)22-31)43(41,42)32-17-10-7-11-18-32/h6-22,33H,5,23-25H2,1-4H3,(H,36,40)/t33-/m1/s1. The summed E-state index contributed by atoms with van der Waals surface area (Å²) in [7, 11) is -4.13. The highest BCUT2D eigenvalue weighted by Gasteiger charge is 2.34. The lowest BCUT2D eigenvalue weighted by Gasteiger charge is -2.34. The third-order valence-corrected chi connectivity index (χ3v) is 8.95. The van der Waals surface area contributed by atoms with E-state index in [9.17, 15) is 18.0 Å². The fraction of sp³-hybridized carbons (Fsp3) is 0.257. The van der Waals surface area contributed by atoms with Gasteiger partial charge in [-0.05, 0) is 74.2 Å². The van der Waals surface area contributed by atoms with E-state index in [0.717, 1.165) is 32.1 Å². The average molecular weight is 598 g/mol. The number of nitrogens with zero attached hydrogens (tertiary/aromatic N) is 2. The molecule has 0 saturated carbocycles. The van der Waals surface area contributed by atoms with Gasteiger partial charge in [0.05, 0.1) is 10.6 Å². The number of anilines is 1. The van der Waals surface area contributed by atoms with Gasteiger partial charge in [0.1, 0.15) is 12.6 Å². The van der Waals surface area contributed by atoms with Gasteiger partial charge in [0.15, 0.2) is 0 Å². The highest BCUT2D eigenvalue weighted by atomic mass is 32.2. The number of aryl methyl sites for hydroxylation is 3. The summed E-state index contributed by atoms with van der Waals surface area (Å²) >= 11 is 0. The molecule has 0 unspecified atom stereocenters. The second-order valence-electron chi connectivity index (χ2n) is 10.8. The topological polar surface area (TPSA) is 86.8 Å². The molecular formula is C35H39N3O4S. The molecule has 1 atom stereocenters. The molecule has 8 heteroatoms. The summed E-state index contributed by atoms with van der Waals surface area (Å²) < 4.78 is 29.3. The molecule has 2 amide bonds. The Morgan fingerprint density at radius 1 is 0.744 bits per heavy atom. The lowest BCUT2D eigenvalue weighted by molar-refractivity contribution is -0.140. The zero-order valence-electron chi connectivity index (χ0n) is 25.2. The first-order chi connectivity index (χ1) is 20.6. The molecule has 43 heavy (non-hydrogen) atoms. The Hall–Kier alpha value is -4.43. The number of sulfonamides is 1. The predicted molar refractivity (Wildman–Crippen MR) is 171 cm³/mol. The number of hydrogen-bond acceptors (Lipinski definition) is 4. The van der Waals surface area contributed by atoms with Gasteiger partial charge in [-0.3, -0.25) is 13.9 Å². The lowest BCUT2D eigenvalue weighted by atomic mass is 10.0. The molecule has 7 nitrogen and oxygen atoms in total. The van der Waals surface area contributed by atoms with Gasteiger partial charge in [0, 0.05) is 19.5 Å². The number of benzene rings is 4. The number of likely N-dealkylation sites (N-methyl/N-ethyl adjacent to an activating group) is 1. The van der Waals surface area contributed by atoms with E-state index < -0.39 is 28.5 Å². The maximum atomic E-state index is 14.4. The molecule has 4 aromatic rings. The number of carbonyl (C=O) groups is 2. The molecule has 4 rings (SSSR count). The number of hydrogen-bond donors (Lipinski definition) is 1. The molecule has 0 aliphatic rings. The van der Waals surface area contributed by atoms with E-state index in [1.807, 2.05) is 88.4 Å². The fourth-order valence-corrected chi connectivity index (χ4v) is 6.62. The minimum atomic E-state index is -4.13. The Kier molecular flexibility index (Phi) is 10.4. The van der Waals surface area contributed by atoms with Gasteiger partial charge in [0.25, 0.3) is 10.0 Å². The first-order valence-corrected chi connectivity index (χ1v) is 15.8. The van der Waals surface area contributed by atoms with E-state index in [0.29, 0.717) is 12.2 Å². The highest BCUT2D eigenvalue weighted by molar-refractivity contribution is 7.92. The van der Waals surface area contributed by atoms with Crippen LogP contribution in [0.1, 0.15) is 34.7 Å². The van der Waals surface area contributed by atoms with Gasteiger partial charge >= 0.3 is 0 Å². The van der Waals surface area contributed by atoms with Crippen LogP contribution in [0.5, 0.6) is 0 Å². The van der Waals surface area contributed by atoms with Gasteiger partial charge in [-0.1, -0.05) is 84.4 Å². The molecule has 0 aromatic heterocycles. The molecule has 4 aromatic carbocycles. The molecule has 0 spiro atoms. The molecule has 0 aliphatic heterocycles. The van der Waals surface area contributed by atoms with Crippen LogP contribution in [-0.4, -0.2) is 44.3 Å². The second kappa shape index (κ2) is 14.2. The summed E-state index contributed by atoms with van der Waals surface area (Å²) in [6, 6.07) is 30.0. The van der Waals surface area contributed by atoms with E-state index in [4.69, 9.17) is 0 Å². The van der Waals surface area contributed by atoms with E-state index >= 15 is 0 Å². The van der Waals surface area contributed by atoms with Crippen LogP contribution in [0, 0.1) is 20.8 Å². The SMILES string of the molecule is CCNC(=O)[C@@H](Cc1ccccc1)N(Cc1cccc(C)c1)C(=O)CN(c1cc(C)cc(C)c1)S(=O)(=O)c1ccccc1. The molecule has 0 heterocycles. The number of amides is 2. The van der Waals surface area contributed by atoms with Crippen LogP contribution in [0.3, 0.4) is 0 Å². The Balaban J connectivity index is 1.81. The molecular weight excluding hydrogens is 558 g/mol. The van der Waals surface area contributed by atoms with E-state index in [1.54, 1.807) is 30.3 Å². The summed E-state index contributed by atoms with van der Waals surface area (Å²) in [5.74, 6) is -0.774. The van der Waals surface area contributed by atoms with Crippen molar-refractivity contribution in [1.29, 1.82) is 0 Å². The van der Waals surface area contributed by atoms with Crippen molar-refractivity contribution in [2.75, 3.05) is 17.4 Å². The summed E-state index contributed by atoms with van der Waals surface area (Å²) in [6.07, 6.45) is 0.277. The van der Waals surface area contributed by atoms with Gasteiger partial charge in [-0.15, -0.1) is 0 Å². The maximum Gasteiger partial charge on any atom is 0.264 e. The summed E-state index contributed by atoms with van der Waals surface area (Å²) in [4.78, 5) is 29.6. The number of rotatable bonds is 12. The fourth-order valence-electron chi connectivity index (χ4n) is 5.20. The first kappa shape index (κ1) is 31.5. The summed E-state index contributed by atoms with van der Waals surface area (Å²) in [5, 5.41) is 2.89. The number of carbonyl (C=O) groups excluding carboxylic acids is 2. The van der Waals surface area contributed by atoms with E-state index in [1.165, 1.54) is 17.0 Å². The Morgan fingerprint density at radius 3 is 1.95 bits per heavy atom. The van der Waals surface area contributed by atoms with Crippen molar-refractivity contribution >= 4 is 27.5 Å². The van der Waals surface area contributed by atoms with E-state index in [-0.39, 0.29) is 23.8 Å². The van der Waals surface area contributed by atoms with Gasteiger partial charge in [-0.25, -0.2) is 8.42 Å². The maximum absolute atomic E-state index is 14.4. The largest absolute Gasteiger partial charge is 0.355 e. The summed E-state index contributed by atoms with van der Waals surface area (Å²) in [5.41, 5.74) is 4.89. The highest BCUT2D eigenvalue weighted by Crippen LogP contribution is 2.27. The van der Waals surface area contributed by atoms with Crippen molar-refractivity contribution in [2.45, 2.75) is 51.6 Å². The third-order valence-electron chi connectivity index (χ3n) is 7.16. The van der Waals surface area contributed by atoms with Crippen molar-refractivity contribution < 1.29 is 18.0 Å². The van der Waals surface area contributed by atoms with Crippen LogP contribution >= 0.6 is 0 Å². The molecule has 1 N–H and O–H groups in total. The monoisotopic (exact) mass is 597 g/mol. The van der Waals surface area contributed by atoms with Crippen LogP contribution in [0.15, 0.2) is 108 Å². The van der Waals surface area contributed by atoms with Crippen LogP contribution in [0.4, 0.5) is 5.69 Å². The predicted octanol–water partition coefficient (Wildman–Crippen LogP) is 5.58. The smallest absolute Gasteiger partial charge is 0.264 e. The van der Waals surface area contributed by atoms with Crippen molar-refractivity contribution in [2.24, 2.45) is 0 Å². The molecule has 0 radical (unpaired) electrons. The van der Waals surface area contributed by atoms with Crippen molar-refractivity contribution in [3.63, 3.8) is 0 Å². The third kappa shape index (κ3) is 8.11. The number of nitrogens with one attached hydrogen (secondary N) is 1. The summed E-state index contributed by atoms with van der Waals surface area (Å²) in [6.45, 7) is 7.64. The zero-order chi connectivity index (χ0) is 31.0. The minimum absolute atomic E-state index is 0.0803. The minimum Gasteiger partial charge on any atom is -0.355 e. The molecule has 0 fully saturated rings. The Morgan fingerprint density at radius 2 is 1.35 bits per heavy atom. The first-order valence-electron chi connectivity index (χ1n) is 14.4. The lowest BCUT2D eigenvalue weighted by Crippen LogP contribution is -2.53. The Labute approximate surface area is 255 Å². The molecule has 224 valence electrons. The Bertz CT molecular complexity index is 1640. The van der Waals surface area contributed by atoms with E-state index in [2.05, 4.69) is 5.32 Å². The van der Waals surface area contributed by atoms with Crippen molar-refractivity contribution in [1.82, 2.24) is 10.2 Å². The molecule has 0 saturated heterocycles. The van der Waals surface area contributed by atoms with Gasteiger partial charge in [-0.2, -0.15) is 0 Å². The zero-order valence-corrected chi connectivity index (χ0v) is 26.0. The van der Waals surface area contributed by atoms with Crippen LogP contribution in [0.2, 0.25) is 0 Å². The average Bonchev–Trinajstić information content (AvgIpc) is 2.98. The second-order valence-corrected chi connectivity index (χ2v) is 12.6. The molecule has 0 aliphatic carbocycles. The van der Waals surface area contributed by atoms with Crippen molar-refractivity contribution in [3.8, 4) is 0 Å². The quantitative estimate of drug-likeness (QED) is 0.231. The normalized spacial score (nSPS) is 11.9. The van der Waals surface area contributed by atoms with Gasteiger partial charge in [0.2, 0.25) is 11.8 Å². The van der Waals surface area contributed by atoms with Crippen molar-refractivity contribution in [3.05, 3.63) is 131 Å². The van der Waals surface area contributed by atoms with Crippen LogP contribution in [-0.2, 0) is 32.6 Å².